The minimum atomic E-state index is -0.811. The van der Waals surface area contributed by atoms with E-state index in [0.29, 0.717) is 0 Å². The van der Waals surface area contributed by atoms with Crippen LogP contribution in [-0.4, -0.2) is 23.2 Å². The van der Waals surface area contributed by atoms with Crippen LogP contribution in [0.15, 0.2) is 5.38 Å². The maximum atomic E-state index is 9.77. The van der Waals surface area contributed by atoms with Gasteiger partial charge in [-0.05, 0) is 26.7 Å². The van der Waals surface area contributed by atoms with Crippen LogP contribution in [0.5, 0.6) is 0 Å². The van der Waals surface area contributed by atoms with Gasteiger partial charge in [-0.3, -0.25) is 0 Å². The third-order valence-electron chi connectivity index (χ3n) is 2.50. The number of hydrogen-bond acceptors (Lipinski definition) is 4. The number of anilines is 1. The van der Waals surface area contributed by atoms with E-state index in [2.05, 4.69) is 9.88 Å². The van der Waals surface area contributed by atoms with Crippen molar-refractivity contribution in [3.8, 4) is 0 Å². The van der Waals surface area contributed by atoms with Crippen LogP contribution in [0.4, 0.5) is 5.13 Å². The lowest BCUT2D eigenvalue weighted by Gasteiger charge is -2.15. The summed E-state index contributed by atoms with van der Waals surface area (Å²) in [6.07, 6.45) is 2.52. The van der Waals surface area contributed by atoms with Crippen molar-refractivity contribution < 1.29 is 5.11 Å². The fraction of sp³-hybridized carbons (Fsp3) is 0.700. The van der Waals surface area contributed by atoms with Crippen LogP contribution in [0.1, 0.15) is 32.4 Å². The second-order valence-corrected chi connectivity index (χ2v) is 5.11. The normalized spacial score (nSPS) is 17.8. The van der Waals surface area contributed by atoms with Gasteiger partial charge in [-0.1, -0.05) is 0 Å². The molecule has 3 nitrogen and oxygen atoms in total. The highest BCUT2D eigenvalue weighted by Crippen LogP contribution is 2.28. The van der Waals surface area contributed by atoms with Crippen LogP contribution >= 0.6 is 11.3 Å². The summed E-state index contributed by atoms with van der Waals surface area (Å²) < 4.78 is 0. The Bertz CT molecular complexity index is 310. The summed E-state index contributed by atoms with van der Waals surface area (Å²) in [5.74, 6) is 0. The molecular formula is C10H16N2OS. The summed E-state index contributed by atoms with van der Waals surface area (Å²) in [6.45, 7) is 5.77. The largest absolute Gasteiger partial charge is 0.384 e. The summed E-state index contributed by atoms with van der Waals surface area (Å²) >= 11 is 1.63. The van der Waals surface area contributed by atoms with Gasteiger partial charge in [0.05, 0.1) is 5.69 Å². The first-order valence-corrected chi connectivity index (χ1v) is 5.89. The molecule has 1 aromatic rings. The molecule has 1 aromatic heterocycles. The lowest BCUT2D eigenvalue weighted by Crippen LogP contribution is -2.19. The third-order valence-corrected chi connectivity index (χ3v) is 3.40. The predicted molar refractivity (Wildman–Crippen MR) is 58.8 cm³/mol. The second-order valence-electron chi connectivity index (χ2n) is 4.27. The molecule has 1 aliphatic rings. The molecule has 0 atom stereocenters. The highest BCUT2D eigenvalue weighted by Gasteiger charge is 2.22. The van der Waals surface area contributed by atoms with Crippen molar-refractivity contribution in [1.82, 2.24) is 4.98 Å². The van der Waals surface area contributed by atoms with Gasteiger partial charge in [0, 0.05) is 18.5 Å². The molecule has 0 radical (unpaired) electrons. The Morgan fingerprint density at radius 3 is 2.57 bits per heavy atom. The van der Waals surface area contributed by atoms with E-state index in [1.54, 1.807) is 25.2 Å². The summed E-state index contributed by atoms with van der Waals surface area (Å²) in [7, 11) is 0. The molecule has 0 unspecified atom stereocenters. The number of aliphatic hydroxyl groups is 1. The van der Waals surface area contributed by atoms with E-state index in [9.17, 15) is 5.11 Å². The zero-order valence-corrected chi connectivity index (χ0v) is 9.47. The topological polar surface area (TPSA) is 36.4 Å². The van der Waals surface area contributed by atoms with Crippen LogP contribution in [0.2, 0.25) is 0 Å². The molecule has 0 aliphatic carbocycles. The molecule has 1 aliphatic heterocycles. The molecule has 0 amide bonds. The molecule has 0 aromatic carbocycles. The van der Waals surface area contributed by atoms with E-state index in [1.165, 1.54) is 12.8 Å². The summed E-state index contributed by atoms with van der Waals surface area (Å²) in [5.41, 5.74) is -0.0292. The Morgan fingerprint density at radius 2 is 2.07 bits per heavy atom. The van der Waals surface area contributed by atoms with Crippen molar-refractivity contribution in [3.05, 3.63) is 11.1 Å². The van der Waals surface area contributed by atoms with Crippen LogP contribution in [-0.2, 0) is 5.60 Å². The Labute approximate surface area is 88.4 Å². The van der Waals surface area contributed by atoms with Gasteiger partial charge in [0.2, 0.25) is 0 Å². The van der Waals surface area contributed by atoms with Crippen LogP contribution < -0.4 is 4.90 Å². The average Bonchev–Trinajstić information content (AvgIpc) is 2.73. The smallest absolute Gasteiger partial charge is 0.185 e. The Kier molecular flexibility index (Phi) is 2.49. The van der Waals surface area contributed by atoms with E-state index < -0.39 is 5.60 Å². The Balaban J connectivity index is 2.17. The first-order valence-electron chi connectivity index (χ1n) is 5.01. The van der Waals surface area contributed by atoms with E-state index in [1.807, 2.05) is 5.38 Å². The molecular weight excluding hydrogens is 196 g/mol. The van der Waals surface area contributed by atoms with Crippen molar-refractivity contribution in [1.29, 1.82) is 0 Å². The highest BCUT2D eigenvalue weighted by molar-refractivity contribution is 7.13. The lowest BCUT2D eigenvalue weighted by atomic mass is 10.1. The molecule has 0 spiro atoms. The van der Waals surface area contributed by atoms with Crippen molar-refractivity contribution in [2.45, 2.75) is 32.3 Å². The zero-order chi connectivity index (χ0) is 10.2. The molecule has 0 saturated carbocycles. The maximum Gasteiger partial charge on any atom is 0.185 e. The molecule has 2 heterocycles. The molecule has 0 bridgehead atoms. The van der Waals surface area contributed by atoms with Gasteiger partial charge in [0.25, 0.3) is 0 Å². The monoisotopic (exact) mass is 212 g/mol. The predicted octanol–water partition coefficient (Wildman–Crippen LogP) is 1.97. The Hall–Kier alpha value is -0.610. The summed E-state index contributed by atoms with van der Waals surface area (Å²) in [5, 5.41) is 12.8. The first-order chi connectivity index (χ1) is 6.57. The van der Waals surface area contributed by atoms with Gasteiger partial charge in [-0.15, -0.1) is 11.3 Å². The van der Waals surface area contributed by atoms with Gasteiger partial charge in [0.1, 0.15) is 5.60 Å². The average molecular weight is 212 g/mol. The van der Waals surface area contributed by atoms with Gasteiger partial charge in [-0.25, -0.2) is 4.98 Å². The molecule has 4 heteroatoms. The second kappa shape index (κ2) is 3.51. The number of rotatable bonds is 2. The highest BCUT2D eigenvalue weighted by atomic mass is 32.1. The fourth-order valence-corrected chi connectivity index (χ4v) is 2.64. The quantitative estimate of drug-likeness (QED) is 0.814. The molecule has 78 valence electrons. The van der Waals surface area contributed by atoms with E-state index >= 15 is 0 Å². The minimum Gasteiger partial charge on any atom is -0.384 e. The maximum absolute atomic E-state index is 9.77. The standard InChI is InChI=1S/C10H16N2OS/c1-10(2,13)8-7-14-9(11-8)12-5-3-4-6-12/h7,13H,3-6H2,1-2H3. The van der Waals surface area contributed by atoms with Crippen molar-refractivity contribution in [2.75, 3.05) is 18.0 Å². The van der Waals surface area contributed by atoms with Gasteiger partial charge in [-0.2, -0.15) is 0 Å². The molecule has 1 N–H and O–H groups in total. The number of hydrogen-bond donors (Lipinski definition) is 1. The summed E-state index contributed by atoms with van der Waals surface area (Å²) in [4.78, 5) is 6.75. The zero-order valence-electron chi connectivity index (χ0n) is 8.66. The van der Waals surface area contributed by atoms with Crippen LogP contribution in [0.25, 0.3) is 0 Å². The first kappa shape index (κ1) is 9.93. The minimum absolute atomic E-state index is 0.782. The molecule has 1 saturated heterocycles. The number of thiazole rings is 1. The number of aromatic nitrogens is 1. The molecule has 1 fully saturated rings. The Morgan fingerprint density at radius 1 is 1.43 bits per heavy atom. The summed E-state index contributed by atoms with van der Waals surface area (Å²) in [6, 6.07) is 0. The van der Waals surface area contributed by atoms with Crippen LogP contribution in [0, 0.1) is 0 Å². The lowest BCUT2D eigenvalue weighted by molar-refractivity contribution is 0.0746. The van der Waals surface area contributed by atoms with Crippen LogP contribution in [0.3, 0.4) is 0 Å². The fourth-order valence-electron chi connectivity index (χ4n) is 1.60. The molecule has 14 heavy (non-hydrogen) atoms. The number of nitrogens with zero attached hydrogens (tertiary/aromatic N) is 2. The van der Waals surface area contributed by atoms with Crippen molar-refractivity contribution in [3.63, 3.8) is 0 Å². The van der Waals surface area contributed by atoms with E-state index in [4.69, 9.17) is 0 Å². The van der Waals surface area contributed by atoms with Crippen molar-refractivity contribution >= 4 is 16.5 Å². The third kappa shape index (κ3) is 1.91. The van der Waals surface area contributed by atoms with Gasteiger partial charge in [0.15, 0.2) is 5.13 Å². The van der Waals surface area contributed by atoms with E-state index in [-0.39, 0.29) is 0 Å². The van der Waals surface area contributed by atoms with Gasteiger partial charge < -0.3 is 10.0 Å². The van der Waals surface area contributed by atoms with Gasteiger partial charge >= 0.3 is 0 Å². The van der Waals surface area contributed by atoms with E-state index in [0.717, 1.165) is 23.9 Å². The molecule has 2 rings (SSSR count). The SMILES string of the molecule is CC(C)(O)c1csc(N2CCCC2)n1. The van der Waals surface area contributed by atoms with Crippen molar-refractivity contribution in [2.24, 2.45) is 0 Å².